The highest BCUT2D eigenvalue weighted by molar-refractivity contribution is 6.35. The second kappa shape index (κ2) is 9.93. The van der Waals surface area contributed by atoms with Gasteiger partial charge in [0.15, 0.2) is 0 Å². The van der Waals surface area contributed by atoms with Crippen molar-refractivity contribution in [2.45, 2.75) is 45.6 Å². The molecule has 0 unspecified atom stereocenters. The summed E-state index contributed by atoms with van der Waals surface area (Å²) in [6.07, 6.45) is 2.60. The number of urea groups is 1. The minimum Gasteiger partial charge on any atom is -0.310 e. The molecule has 178 valence electrons. The summed E-state index contributed by atoms with van der Waals surface area (Å²) in [6.45, 7) is 13.0. The van der Waals surface area contributed by atoms with Crippen LogP contribution in [0.4, 0.5) is 16.2 Å². The van der Waals surface area contributed by atoms with Gasteiger partial charge in [-0.05, 0) is 68.4 Å². The molecule has 0 aromatic heterocycles. The molecule has 0 spiro atoms. The number of rotatable bonds is 7. The number of hydrogen-bond acceptors (Lipinski definition) is 2. The lowest BCUT2D eigenvalue weighted by molar-refractivity contribution is -0.123. The fourth-order valence-electron chi connectivity index (χ4n) is 4.51. The van der Waals surface area contributed by atoms with Crippen LogP contribution in [0.3, 0.4) is 0 Å². The monoisotopic (exact) mass is 485 g/mol. The molecule has 5 nitrogen and oxygen atoms in total. The molecule has 1 saturated heterocycles. The molecule has 3 amide bonds. The van der Waals surface area contributed by atoms with Crippen LogP contribution in [-0.4, -0.2) is 28.9 Å². The number of unbranched alkanes of at least 4 members (excludes halogenated alkanes) is 1. The van der Waals surface area contributed by atoms with Crippen LogP contribution in [0.25, 0.3) is 16.0 Å². The van der Waals surface area contributed by atoms with Crippen LogP contribution >= 0.6 is 11.6 Å². The lowest BCUT2D eigenvalue weighted by atomic mass is 10.0. The third-order valence-electron chi connectivity index (χ3n) is 6.68. The predicted octanol–water partition coefficient (Wildman–Crippen LogP) is 7.44. The molecule has 1 heterocycles. The Balaban J connectivity index is 1.40. The van der Waals surface area contributed by atoms with Crippen molar-refractivity contribution in [1.82, 2.24) is 4.90 Å². The van der Waals surface area contributed by atoms with E-state index in [2.05, 4.69) is 41.2 Å². The summed E-state index contributed by atoms with van der Waals surface area (Å²) < 4.78 is 0. The highest BCUT2D eigenvalue weighted by Gasteiger charge is 2.51. The number of halogens is 1. The van der Waals surface area contributed by atoms with Gasteiger partial charge in [-0.25, -0.2) is 14.5 Å². The maximum absolute atomic E-state index is 13.3. The van der Waals surface area contributed by atoms with E-state index in [9.17, 15) is 9.59 Å². The van der Waals surface area contributed by atoms with E-state index >= 15 is 0 Å². The third-order valence-corrected chi connectivity index (χ3v) is 7.16. The summed E-state index contributed by atoms with van der Waals surface area (Å²) >= 11 is 6.31. The summed E-state index contributed by atoms with van der Waals surface area (Å²) in [7, 11) is 0. The average molecular weight is 486 g/mol. The second-order valence-electron chi connectivity index (χ2n) is 9.31. The van der Waals surface area contributed by atoms with Crippen molar-refractivity contribution < 1.29 is 9.59 Å². The Morgan fingerprint density at radius 1 is 0.914 bits per heavy atom. The quantitative estimate of drug-likeness (QED) is 0.198. The summed E-state index contributed by atoms with van der Waals surface area (Å²) in [6, 6.07) is 21.7. The predicted molar refractivity (Wildman–Crippen MR) is 141 cm³/mol. The summed E-state index contributed by atoms with van der Waals surface area (Å²) in [5.74, 6) is -0.284. The first kappa shape index (κ1) is 24.5. The van der Waals surface area contributed by atoms with Gasteiger partial charge in [-0.15, -0.1) is 0 Å². The Morgan fingerprint density at radius 3 is 2.23 bits per heavy atom. The zero-order valence-electron chi connectivity index (χ0n) is 20.2. The van der Waals surface area contributed by atoms with E-state index < -0.39 is 5.54 Å². The Morgan fingerprint density at radius 2 is 1.57 bits per heavy atom. The van der Waals surface area contributed by atoms with Crippen molar-refractivity contribution in [3.05, 3.63) is 94.3 Å². The smallest absolute Gasteiger partial charge is 0.310 e. The molecule has 3 aromatic rings. The highest BCUT2D eigenvalue weighted by Crippen LogP contribution is 2.39. The molecule has 35 heavy (non-hydrogen) atoms. The first-order valence-corrected chi connectivity index (χ1v) is 12.1. The molecule has 0 radical (unpaired) electrons. The molecule has 0 atom stereocenters. The zero-order chi connectivity index (χ0) is 25.2. The van der Waals surface area contributed by atoms with Gasteiger partial charge in [0.2, 0.25) is 5.69 Å². The van der Waals surface area contributed by atoms with Crippen LogP contribution in [-0.2, 0) is 11.2 Å². The second-order valence-corrected chi connectivity index (χ2v) is 9.69. The van der Waals surface area contributed by atoms with E-state index in [0.29, 0.717) is 23.5 Å². The van der Waals surface area contributed by atoms with Crippen LogP contribution in [0.15, 0.2) is 66.7 Å². The number of hydrogen-bond donors (Lipinski definition) is 0. The van der Waals surface area contributed by atoms with E-state index in [4.69, 9.17) is 18.2 Å². The van der Waals surface area contributed by atoms with Crippen LogP contribution in [0.2, 0.25) is 5.02 Å². The van der Waals surface area contributed by atoms with Crippen LogP contribution in [0.5, 0.6) is 0 Å². The molecule has 0 N–H and O–H groups in total. The number of nitrogens with zero attached hydrogens (tertiary/aromatic N) is 3. The van der Waals surface area contributed by atoms with E-state index in [1.165, 1.54) is 21.6 Å². The SMILES string of the molecule is [C-]#[N+]c1ccc(N2C(=O)N(CCCCc3ccc(-c4ccccc4)cc3)C(C)(C)C2=O)c(C)c1Cl. The average Bonchev–Trinajstić information content (AvgIpc) is 3.03. The first-order valence-electron chi connectivity index (χ1n) is 11.7. The summed E-state index contributed by atoms with van der Waals surface area (Å²) in [5.41, 5.74) is 3.98. The molecule has 4 rings (SSSR count). The molecular weight excluding hydrogens is 458 g/mol. The Bertz CT molecular complexity index is 1290. The number of anilines is 1. The molecule has 0 saturated carbocycles. The Kier molecular flexibility index (Phi) is 6.95. The van der Waals surface area contributed by atoms with Crippen LogP contribution < -0.4 is 4.90 Å². The number of benzene rings is 3. The molecule has 0 aliphatic carbocycles. The maximum Gasteiger partial charge on any atom is 0.332 e. The maximum atomic E-state index is 13.3. The fraction of sp³-hybridized carbons (Fsp3) is 0.276. The van der Waals surface area contributed by atoms with Crippen LogP contribution in [0, 0.1) is 13.5 Å². The standard InChI is InChI=1S/C29H28ClN3O2/c1-20-25(18-17-24(31-4)26(20)30)33-27(34)29(2,3)32(28(33)35)19-9-8-10-21-13-15-23(16-14-21)22-11-6-5-7-12-22/h5-7,11-18H,8-10,19H2,1-3H3. The van der Waals surface area contributed by atoms with Crippen molar-refractivity contribution in [3.63, 3.8) is 0 Å². The number of imide groups is 1. The molecule has 1 aliphatic heterocycles. The normalized spacial score (nSPS) is 14.9. The lowest BCUT2D eigenvalue weighted by Crippen LogP contribution is -2.44. The van der Waals surface area contributed by atoms with Crippen LogP contribution in [0.1, 0.15) is 37.8 Å². The molecular formula is C29H28ClN3O2. The Labute approximate surface area is 211 Å². The van der Waals surface area contributed by atoms with E-state index in [1.54, 1.807) is 37.8 Å². The van der Waals surface area contributed by atoms with Gasteiger partial charge in [-0.2, -0.15) is 0 Å². The van der Waals surface area contributed by atoms with Crippen molar-refractivity contribution in [2.75, 3.05) is 11.4 Å². The van der Waals surface area contributed by atoms with Gasteiger partial charge in [0.25, 0.3) is 5.91 Å². The first-order chi connectivity index (χ1) is 16.8. The van der Waals surface area contributed by atoms with Crippen molar-refractivity contribution in [3.8, 4) is 11.1 Å². The van der Waals surface area contributed by atoms with Gasteiger partial charge in [-0.3, -0.25) is 4.79 Å². The minimum absolute atomic E-state index is 0.271. The highest BCUT2D eigenvalue weighted by atomic mass is 35.5. The van der Waals surface area contributed by atoms with Crippen molar-refractivity contribution in [2.24, 2.45) is 0 Å². The molecule has 6 heteroatoms. The van der Waals surface area contributed by atoms with Gasteiger partial charge < -0.3 is 4.90 Å². The minimum atomic E-state index is -0.953. The number of amides is 3. The molecule has 3 aromatic carbocycles. The Hall–Kier alpha value is -3.62. The lowest BCUT2D eigenvalue weighted by Gasteiger charge is -2.27. The van der Waals surface area contributed by atoms with E-state index in [1.807, 2.05) is 18.2 Å². The van der Waals surface area contributed by atoms with Gasteiger partial charge in [0, 0.05) is 6.54 Å². The number of carbonyl (C=O) groups excluding carboxylic acids is 2. The van der Waals surface area contributed by atoms with Gasteiger partial charge in [0.05, 0.1) is 17.3 Å². The largest absolute Gasteiger partial charge is 0.332 e. The number of aryl methyl sites for hydroxylation is 1. The number of carbonyl (C=O) groups is 2. The van der Waals surface area contributed by atoms with E-state index in [0.717, 1.165) is 19.3 Å². The van der Waals surface area contributed by atoms with E-state index in [-0.39, 0.29) is 17.0 Å². The molecule has 1 fully saturated rings. The zero-order valence-corrected chi connectivity index (χ0v) is 21.0. The van der Waals surface area contributed by atoms with Crippen molar-refractivity contribution >= 4 is 34.9 Å². The van der Waals surface area contributed by atoms with Crippen molar-refractivity contribution in [1.29, 1.82) is 0 Å². The topological polar surface area (TPSA) is 45.0 Å². The summed E-state index contributed by atoms with van der Waals surface area (Å²) in [4.78, 5) is 32.8. The van der Waals surface area contributed by atoms with Gasteiger partial charge >= 0.3 is 6.03 Å². The third kappa shape index (κ3) is 4.67. The molecule has 1 aliphatic rings. The fourth-order valence-corrected chi connectivity index (χ4v) is 4.71. The summed E-state index contributed by atoms with van der Waals surface area (Å²) in [5, 5.41) is 0.271. The van der Waals surface area contributed by atoms with Gasteiger partial charge in [-0.1, -0.05) is 72.3 Å². The van der Waals surface area contributed by atoms with Gasteiger partial charge in [0.1, 0.15) is 5.54 Å². The molecule has 0 bridgehead atoms.